The number of rotatable bonds is 7. The van der Waals surface area contributed by atoms with Crippen LogP contribution in [0.3, 0.4) is 0 Å². The largest absolute Gasteiger partial charge is 0.507 e. The minimum absolute atomic E-state index is 0.0548. The van der Waals surface area contributed by atoms with Crippen LogP contribution < -0.4 is 9.47 Å². The molecule has 0 aromatic heterocycles. The maximum Gasteiger partial charge on any atom is 0.295 e. The number of likely N-dealkylation sites (N-methyl/N-ethyl adjacent to an activating group) is 1. The van der Waals surface area contributed by atoms with E-state index in [2.05, 4.69) is 0 Å². The number of hydrogen-bond acceptors (Lipinski definition) is 7. The molecule has 3 rings (SSSR count). The van der Waals surface area contributed by atoms with Gasteiger partial charge in [-0.2, -0.15) is 0 Å². The number of benzene rings is 2. The molecule has 0 aliphatic carbocycles. The van der Waals surface area contributed by atoms with Crippen LogP contribution in [-0.4, -0.2) is 73.1 Å². The summed E-state index contributed by atoms with van der Waals surface area (Å²) in [6, 6.07) is 6.97. The lowest BCUT2D eigenvalue weighted by Gasteiger charge is -2.27. The van der Waals surface area contributed by atoms with Gasteiger partial charge in [0.25, 0.3) is 11.7 Å². The van der Waals surface area contributed by atoms with Gasteiger partial charge in [0.15, 0.2) is 11.5 Å². The van der Waals surface area contributed by atoms with Crippen LogP contribution in [0, 0.1) is 5.82 Å². The maximum absolute atomic E-state index is 13.9. The van der Waals surface area contributed by atoms with Gasteiger partial charge >= 0.3 is 0 Å². The predicted molar refractivity (Wildman–Crippen MR) is 115 cm³/mol. The van der Waals surface area contributed by atoms with Gasteiger partial charge in [0.2, 0.25) is 0 Å². The van der Waals surface area contributed by atoms with Gasteiger partial charge in [-0.1, -0.05) is 6.07 Å². The van der Waals surface area contributed by atoms with Crippen molar-refractivity contribution < 1.29 is 33.7 Å². The average molecular weight is 444 g/mol. The van der Waals surface area contributed by atoms with Crippen molar-refractivity contribution in [1.29, 1.82) is 0 Å². The number of aliphatic hydroxyl groups is 1. The number of phenolic OH excluding ortho intramolecular Hbond substituents is 1. The fraction of sp³-hybridized carbons (Fsp3) is 0.304. The zero-order chi connectivity index (χ0) is 23.6. The van der Waals surface area contributed by atoms with Crippen molar-refractivity contribution >= 4 is 17.4 Å². The molecule has 1 atom stereocenters. The quantitative estimate of drug-likeness (QED) is 0.385. The number of aromatic hydroxyl groups is 1. The van der Waals surface area contributed by atoms with E-state index in [4.69, 9.17) is 9.47 Å². The van der Waals surface area contributed by atoms with Gasteiger partial charge in [-0.3, -0.25) is 9.59 Å². The molecule has 170 valence electrons. The third kappa shape index (κ3) is 4.24. The van der Waals surface area contributed by atoms with E-state index < -0.39 is 29.3 Å². The number of ketones is 1. The Kier molecular flexibility index (Phi) is 6.69. The van der Waals surface area contributed by atoms with Gasteiger partial charge in [-0.05, 0) is 50.0 Å². The maximum atomic E-state index is 13.9. The topological polar surface area (TPSA) is 99.5 Å². The van der Waals surface area contributed by atoms with E-state index in [9.17, 15) is 24.2 Å². The molecule has 9 heteroatoms. The highest BCUT2D eigenvalue weighted by atomic mass is 19.1. The molecule has 0 bridgehead atoms. The Balaban J connectivity index is 2.23. The van der Waals surface area contributed by atoms with Crippen LogP contribution in [0.15, 0.2) is 42.0 Å². The molecular formula is C23H25FN2O6. The van der Waals surface area contributed by atoms with Crippen LogP contribution in [0.1, 0.15) is 17.2 Å². The van der Waals surface area contributed by atoms with Gasteiger partial charge in [0, 0.05) is 13.1 Å². The summed E-state index contributed by atoms with van der Waals surface area (Å²) >= 11 is 0. The van der Waals surface area contributed by atoms with E-state index in [1.807, 2.05) is 19.0 Å². The summed E-state index contributed by atoms with van der Waals surface area (Å²) < 4.78 is 24.2. The molecule has 1 amide bonds. The molecule has 0 radical (unpaired) electrons. The number of methoxy groups -OCH3 is 2. The van der Waals surface area contributed by atoms with Crippen LogP contribution in [0.4, 0.5) is 4.39 Å². The Labute approximate surface area is 185 Å². The first-order valence-corrected chi connectivity index (χ1v) is 9.83. The lowest BCUT2D eigenvalue weighted by molar-refractivity contribution is -0.140. The highest BCUT2D eigenvalue weighted by Crippen LogP contribution is 2.42. The summed E-state index contributed by atoms with van der Waals surface area (Å²) in [7, 11) is 6.39. The second-order valence-corrected chi connectivity index (χ2v) is 7.57. The highest BCUT2D eigenvalue weighted by molar-refractivity contribution is 6.46. The molecule has 32 heavy (non-hydrogen) atoms. The van der Waals surface area contributed by atoms with Gasteiger partial charge in [0.05, 0.1) is 31.4 Å². The van der Waals surface area contributed by atoms with Crippen LogP contribution in [0.2, 0.25) is 0 Å². The predicted octanol–water partition coefficient (Wildman–Crippen LogP) is 2.53. The van der Waals surface area contributed by atoms with E-state index >= 15 is 0 Å². The molecule has 8 nitrogen and oxygen atoms in total. The molecule has 1 aliphatic heterocycles. The van der Waals surface area contributed by atoms with Crippen molar-refractivity contribution in [3.05, 3.63) is 58.9 Å². The summed E-state index contributed by atoms with van der Waals surface area (Å²) in [6.45, 7) is 0.640. The molecule has 1 saturated heterocycles. The Hall–Kier alpha value is -3.59. The number of halogens is 1. The molecule has 1 unspecified atom stereocenters. The number of Topliss-reactive ketones (excluding diaryl/α,β-unsaturated/α-hetero) is 1. The molecule has 1 aliphatic rings. The lowest BCUT2D eigenvalue weighted by atomic mass is 9.94. The summed E-state index contributed by atoms with van der Waals surface area (Å²) in [5.74, 6) is -2.76. The zero-order valence-corrected chi connectivity index (χ0v) is 18.3. The van der Waals surface area contributed by atoms with Crippen molar-refractivity contribution in [3.63, 3.8) is 0 Å². The van der Waals surface area contributed by atoms with Crippen LogP contribution in [0.5, 0.6) is 17.2 Å². The molecule has 0 spiro atoms. The first-order valence-electron chi connectivity index (χ1n) is 9.83. The second-order valence-electron chi connectivity index (χ2n) is 7.57. The summed E-state index contributed by atoms with van der Waals surface area (Å²) in [5, 5.41) is 21.4. The molecule has 0 saturated carbocycles. The number of carbonyl (C=O) groups is 2. The molecule has 1 fully saturated rings. The van der Waals surface area contributed by atoms with E-state index in [1.54, 1.807) is 6.07 Å². The van der Waals surface area contributed by atoms with Crippen molar-refractivity contribution in [1.82, 2.24) is 9.80 Å². The Bertz CT molecular complexity index is 1080. The number of likely N-dealkylation sites (tertiary alicyclic amines) is 1. The van der Waals surface area contributed by atoms with Crippen molar-refractivity contribution in [2.24, 2.45) is 0 Å². The van der Waals surface area contributed by atoms with Crippen molar-refractivity contribution in [2.75, 3.05) is 41.4 Å². The minimum atomic E-state index is -1.00. The van der Waals surface area contributed by atoms with Crippen LogP contribution in [0.25, 0.3) is 5.76 Å². The number of amides is 1. The summed E-state index contributed by atoms with van der Waals surface area (Å²) in [5.41, 5.74) is 0.112. The van der Waals surface area contributed by atoms with E-state index in [0.29, 0.717) is 12.1 Å². The number of ether oxygens (including phenoxy) is 2. The van der Waals surface area contributed by atoms with E-state index in [0.717, 1.165) is 12.1 Å². The molecular weight excluding hydrogens is 419 g/mol. The number of carbonyl (C=O) groups excluding carboxylic acids is 2. The number of phenols is 1. The smallest absolute Gasteiger partial charge is 0.295 e. The molecule has 1 heterocycles. The third-order valence-corrected chi connectivity index (χ3v) is 5.26. The molecule has 2 aromatic rings. The van der Waals surface area contributed by atoms with Crippen LogP contribution >= 0.6 is 0 Å². The van der Waals surface area contributed by atoms with E-state index in [1.165, 1.54) is 37.3 Å². The lowest BCUT2D eigenvalue weighted by Crippen LogP contribution is -2.35. The second kappa shape index (κ2) is 9.27. The SMILES string of the molecule is COc1ccc(C2/C(=C(\O)c3cc(F)ccc3OC)C(=O)C(=O)N2CCN(C)C)cc1O. The standard InChI is InChI=1S/C23H25FN2O6/c1-25(2)9-10-26-20(13-5-7-18(32-4)16(27)11-13)19(22(29)23(26)30)21(28)15-12-14(24)6-8-17(15)31-3/h5-8,11-12,20,27-28H,9-10H2,1-4H3/b21-19+. The van der Waals surface area contributed by atoms with Crippen molar-refractivity contribution in [3.8, 4) is 17.2 Å². The summed E-state index contributed by atoms with van der Waals surface area (Å²) in [6.07, 6.45) is 0. The fourth-order valence-corrected chi connectivity index (χ4v) is 3.65. The van der Waals surface area contributed by atoms with Gasteiger partial charge in [0.1, 0.15) is 17.3 Å². The average Bonchev–Trinajstić information content (AvgIpc) is 3.01. The Morgan fingerprint density at radius 2 is 1.75 bits per heavy atom. The first kappa shape index (κ1) is 23.1. The zero-order valence-electron chi connectivity index (χ0n) is 18.3. The molecule has 2 N–H and O–H groups in total. The normalized spacial score (nSPS) is 17.8. The number of nitrogens with zero attached hydrogens (tertiary/aromatic N) is 2. The van der Waals surface area contributed by atoms with E-state index in [-0.39, 0.29) is 34.9 Å². The molecule has 2 aromatic carbocycles. The Morgan fingerprint density at radius 1 is 1.09 bits per heavy atom. The van der Waals surface area contributed by atoms with Gasteiger partial charge < -0.3 is 29.5 Å². The first-order chi connectivity index (χ1) is 15.2. The number of aliphatic hydroxyl groups excluding tert-OH is 1. The fourth-order valence-electron chi connectivity index (χ4n) is 3.65. The summed E-state index contributed by atoms with van der Waals surface area (Å²) in [4.78, 5) is 29.1. The van der Waals surface area contributed by atoms with Crippen molar-refractivity contribution in [2.45, 2.75) is 6.04 Å². The number of hydrogen-bond donors (Lipinski definition) is 2. The van der Waals surface area contributed by atoms with Gasteiger partial charge in [-0.25, -0.2) is 4.39 Å². The third-order valence-electron chi connectivity index (χ3n) is 5.26. The van der Waals surface area contributed by atoms with Gasteiger partial charge in [-0.15, -0.1) is 0 Å². The monoisotopic (exact) mass is 444 g/mol. The minimum Gasteiger partial charge on any atom is -0.507 e. The Morgan fingerprint density at radius 3 is 2.34 bits per heavy atom. The highest BCUT2D eigenvalue weighted by Gasteiger charge is 2.46. The van der Waals surface area contributed by atoms with Crippen LogP contribution in [-0.2, 0) is 9.59 Å².